The number of benzene rings is 4. The van der Waals surface area contributed by atoms with Crippen LogP contribution in [0.5, 0.6) is 5.75 Å². The van der Waals surface area contributed by atoms with Crippen LogP contribution in [-0.4, -0.2) is 22.0 Å². The zero-order valence-corrected chi connectivity index (χ0v) is 20.7. The van der Waals surface area contributed by atoms with Crippen LogP contribution >= 0.6 is 11.6 Å². The summed E-state index contributed by atoms with van der Waals surface area (Å²) in [4.78, 5) is 9.69. The van der Waals surface area contributed by atoms with Gasteiger partial charge in [-0.3, -0.25) is 4.99 Å². The number of anilines is 2. The van der Waals surface area contributed by atoms with Gasteiger partial charge in [0, 0.05) is 22.4 Å². The number of halogens is 4. The Morgan fingerprint density at radius 2 is 1.65 bits per heavy atom. The van der Waals surface area contributed by atoms with Crippen molar-refractivity contribution in [3.8, 4) is 22.8 Å². The van der Waals surface area contributed by atoms with Gasteiger partial charge in [-0.15, -0.1) is 13.2 Å². The molecule has 1 N–H and O–H groups in total. The van der Waals surface area contributed by atoms with Gasteiger partial charge in [0.05, 0.1) is 33.5 Å². The van der Waals surface area contributed by atoms with E-state index in [9.17, 15) is 13.2 Å². The van der Waals surface area contributed by atoms with Crippen LogP contribution in [0.15, 0.2) is 89.9 Å². The highest BCUT2D eigenvalue weighted by Gasteiger charge is 2.31. The lowest BCUT2D eigenvalue weighted by molar-refractivity contribution is -0.274. The molecule has 3 aromatic rings. The summed E-state index contributed by atoms with van der Waals surface area (Å²) in [5.41, 5.74) is 5.48. The van der Waals surface area contributed by atoms with Crippen LogP contribution in [0.1, 0.15) is 13.8 Å². The standard InChI is InChI=1S/C28H22ClF3N4O/c1-17(2)33-24-16-27-25(15-23(24)34-19-9-13-21(14-10-19)37-28(30,31)32)35-22-5-3-4-6-26(22)36(27)20-11-7-18(29)8-12-20/h3-17,34H,1-2H3. The van der Waals surface area contributed by atoms with Crippen molar-refractivity contribution in [3.05, 3.63) is 95.3 Å². The van der Waals surface area contributed by atoms with Gasteiger partial charge in [0.2, 0.25) is 0 Å². The molecule has 188 valence electrons. The minimum absolute atomic E-state index is 0.00189. The fourth-order valence-corrected chi connectivity index (χ4v) is 4.22. The lowest BCUT2D eigenvalue weighted by atomic mass is 10.1. The first-order valence-corrected chi connectivity index (χ1v) is 11.9. The van der Waals surface area contributed by atoms with E-state index in [0.717, 1.165) is 28.1 Å². The van der Waals surface area contributed by atoms with Crippen molar-refractivity contribution in [2.24, 2.45) is 4.99 Å². The summed E-state index contributed by atoms with van der Waals surface area (Å²) in [5, 5.41) is 4.61. The fraction of sp³-hybridized carbons (Fsp3) is 0.143. The molecular formula is C28H22ClF3N4O. The topological polar surface area (TPSA) is 51.4 Å². The monoisotopic (exact) mass is 522 g/mol. The molecule has 0 aromatic heterocycles. The fourth-order valence-electron chi connectivity index (χ4n) is 4.09. The van der Waals surface area contributed by atoms with Crippen molar-refractivity contribution >= 4 is 34.0 Å². The summed E-state index contributed by atoms with van der Waals surface area (Å²) in [6.07, 6.45) is -4.75. The van der Waals surface area contributed by atoms with E-state index in [0.29, 0.717) is 21.8 Å². The van der Waals surface area contributed by atoms with E-state index in [2.05, 4.69) is 14.6 Å². The van der Waals surface area contributed by atoms with E-state index in [-0.39, 0.29) is 11.8 Å². The third-order valence-electron chi connectivity index (χ3n) is 5.55. The molecule has 0 saturated heterocycles. The zero-order chi connectivity index (χ0) is 26.2. The van der Waals surface area contributed by atoms with Crippen molar-refractivity contribution in [2.45, 2.75) is 26.3 Å². The van der Waals surface area contributed by atoms with Crippen LogP contribution in [0.4, 0.5) is 24.5 Å². The molecule has 1 aliphatic carbocycles. The third kappa shape index (κ3) is 5.54. The Morgan fingerprint density at radius 3 is 2.32 bits per heavy atom. The lowest BCUT2D eigenvalue weighted by Gasteiger charge is -2.20. The van der Waals surface area contributed by atoms with Gasteiger partial charge in [-0.2, -0.15) is 0 Å². The van der Waals surface area contributed by atoms with Gasteiger partial charge in [0.25, 0.3) is 0 Å². The molecule has 1 aliphatic heterocycles. The number of nitrogens with zero attached hydrogens (tertiary/aromatic N) is 3. The molecule has 0 bridgehead atoms. The highest BCUT2D eigenvalue weighted by Crippen LogP contribution is 2.31. The van der Waals surface area contributed by atoms with Gasteiger partial charge in [-0.05, 0) is 86.6 Å². The molecule has 3 aromatic carbocycles. The predicted molar refractivity (Wildman–Crippen MR) is 140 cm³/mol. The van der Waals surface area contributed by atoms with Crippen molar-refractivity contribution < 1.29 is 17.9 Å². The Balaban J connectivity index is 1.68. The highest BCUT2D eigenvalue weighted by molar-refractivity contribution is 6.30. The molecule has 0 spiro atoms. The quantitative estimate of drug-likeness (QED) is 0.240. The molecule has 0 unspecified atom stereocenters. The van der Waals surface area contributed by atoms with Crippen LogP contribution in [-0.2, 0) is 0 Å². The Bertz CT molecular complexity index is 1590. The van der Waals surface area contributed by atoms with E-state index in [4.69, 9.17) is 21.6 Å². The number of rotatable bonds is 5. The maximum atomic E-state index is 12.5. The van der Waals surface area contributed by atoms with Gasteiger partial charge in [0.1, 0.15) is 5.75 Å². The van der Waals surface area contributed by atoms with Crippen molar-refractivity contribution in [1.82, 2.24) is 9.55 Å². The molecule has 0 fully saturated rings. The molecule has 0 saturated carbocycles. The molecule has 5 rings (SSSR count). The Hall–Kier alpha value is -4.04. The Labute approximate surface area is 216 Å². The first kappa shape index (κ1) is 24.6. The van der Waals surface area contributed by atoms with Gasteiger partial charge >= 0.3 is 6.36 Å². The number of ether oxygens (including phenoxy) is 1. The highest BCUT2D eigenvalue weighted by atomic mass is 35.5. The van der Waals surface area contributed by atoms with E-state index in [1.165, 1.54) is 24.3 Å². The van der Waals surface area contributed by atoms with Crippen molar-refractivity contribution in [3.63, 3.8) is 0 Å². The van der Waals surface area contributed by atoms with Crippen LogP contribution in [0.3, 0.4) is 0 Å². The average molecular weight is 523 g/mol. The summed E-state index contributed by atoms with van der Waals surface area (Å²) in [5.74, 6) is -0.291. The molecule has 0 atom stereocenters. The molecule has 37 heavy (non-hydrogen) atoms. The second kappa shape index (κ2) is 9.78. The summed E-state index contributed by atoms with van der Waals surface area (Å²) < 4.78 is 43.7. The van der Waals surface area contributed by atoms with E-state index < -0.39 is 6.36 Å². The summed E-state index contributed by atoms with van der Waals surface area (Å²) in [7, 11) is 0. The largest absolute Gasteiger partial charge is 0.573 e. The smallest absolute Gasteiger partial charge is 0.406 e. The van der Waals surface area contributed by atoms with E-state index in [1.54, 1.807) is 0 Å². The maximum absolute atomic E-state index is 12.5. The number of hydrogen-bond acceptors (Lipinski definition) is 4. The van der Waals surface area contributed by atoms with Gasteiger partial charge < -0.3 is 14.6 Å². The number of nitrogens with one attached hydrogen (secondary N) is 1. The Kier molecular flexibility index (Phi) is 6.52. The first-order valence-electron chi connectivity index (χ1n) is 11.5. The lowest BCUT2D eigenvalue weighted by Crippen LogP contribution is -2.17. The van der Waals surface area contributed by atoms with Crippen LogP contribution in [0.25, 0.3) is 28.1 Å². The minimum atomic E-state index is -4.75. The number of fused-ring (bicyclic) bond motifs is 2. The summed E-state index contributed by atoms with van der Waals surface area (Å²) in [6.45, 7) is 3.95. The van der Waals surface area contributed by atoms with Crippen molar-refractivity contribution in [2.75, 3.05) is 5.32 Å². The van der Waals surface area contributed by atoms with Gasteiger partial charge in [-0.25, -0.2) is 4.98 Å². The molecular weight excluding hydrogens is 501 g/mol. The van der Waals surface area contributed by atoms with E-state index >= 15 is 0 Å². The maximum Gasteiger partial charge on any atom is 0.573 e. The molecule has 2 aliphatic rings. The predicted octanol–water partition coefficient (Wildman–Crippen LogP) is 7.74. The number of hydrogen-bond donors (Lipinski definition) is 1. The summed E-state index contributed by atoms with van der Waals surface area (Å²) >= 11 is 6.15. The molecule has 1 heterocycles. The number of alkyl halides is 3. The Morgan fingerprint density at radius 1 is 0.946 bits per heavy atom. The number of aromatic nitrogens is 2. The first-order chi connectivity index (χ1) is 17.7. The minimum Gasteiger partial charge on any atom is -0.406 e. The molecule has 0 radical (unpaired) electrons. The molecule has 9 heteroatoms. The normalized spacial score (nSPS) is 12.5. The zero-order valence-electron chi connectivity index (χ0n) is 19.9. The molecule has 5 nitrogen and oxygen atoms in total. The number of para-hydroxylation sites is 2. The average Bonchev–Trinajstić information content (AvgIpc) is 2.84. The van der Waals surface area contributed by atoms with E-state index in [1.807, 2.05) is 74.5 Å². The summed E-state index contributed by atoms with van der Waals surface area (Å²) in [6, 6.07) is 24.8. The third-order valence-corrected chi connectivity index (χ3v) is 5.80. The van der Waals surface area contributed by atoms with Crippen LogP contribution < -0.4 is 15.4 Å². The van der Waals surface area contributed by atoms with Crippen LogP contribution in [0, 0.1) is 0 Å². The molecule has 0 amide bonds. The SMILES string of the molecule is CC(C)N=c1cc2n(-c3ccc(Cl)cc3)c3ccccc3nc-2cc1Nc1ccc(OC(F)(F)F)cc1. The second-order valence-electron chi connectivity index (χ2n) is 8.69. The van der Waals surface area contributed by atoms with Gasteiger partial charge in [-0.1, -0.05) is 23.7 Å². The van der Waals surface area contributed by atoms with Gasteiger partial charge in [0.15, 0.2) is 0 Å². The second-order valence-corrected chi connectivity index (χ2v) is 9.13. The van der Waals surface area contributed by atoms with Crippen LogP contribution in [0.2, 0.25) is 5.02 Å². The van der Waals surface area contributed by atoms with Crippen molar-refractivity contribution in [1.29, 1.82) is 0 Å².